The van der Waals surface area contributed by atoms with Gasteiger partial charge < -0.3 is 24.2 Å². The van der Waals surface area contributed by atoms with Crippen molar-refractivity contribution in [1.29, 1.82) is 0 Å². The molecule has 8 heteroatoms. The van der Waals surface area contributed by atoms with Crippen LogP contribution in [0.2, 0.25) is 0 Å². The van der Waals surface area contributed by atoms with Crippen LogP contribution in [0.15, 0.2) is 54.1 Å². The van der Waals surface area contributed by atoms with E-state index in [4.69, 9.17) is 14.2 Å². The molecule has 0 saturated carbocycles. The van der Waals surface area contributed by atoms with Gasteiger partial charge in [0.2, 0.25) is 0 Å². The zero-order valence-electron chi connectivity index (χ0n) is 18.8. The first-order valence-corrected chi connectivity index (χ1v) is 10.9. The normalized spacial score (nSPS) is 20.8. The molecule has 0 aliphatic carbocycles. The van der Waals surface area contributed by atoms with Gasteiger partial charge in [-0.3, -0.25) is 14.5 Å². The summed E-state index contributed by atoms with van der Waals surface area (Å²) >= 11 is 0. The van der Waals surface area contributed by atoms with E-state index < -0.39 is 17.7 Å². The summed E-state index contributed by atoms with van der Waals surface area (Å²) in [6.45, 7) is 3.80. The second-order valence-electron chi connectivity index (χ2n) is 7.96. The Bertz CT molecular complexity index is 1060. The first-order chi connectivity index (χ1) is 16.0. The van der Waals surface area contributed by atoms with Gasteiger partial charge in [-0.2, -0.15) is 0 Å². The summed E-state index contributed by atoms with van der Waals surface area (Å²) in [5.41, 5.74) is 1.16. The summed E-state index contributed by atoms with van der Waals surface area (Å²) in [5.74, 6) is -0.411. The second-order valence-corrected chi connectivity index (χ2v) is 7.96. The second kappa shape index (κ2) is 10.1. The van der Waals surface area contributed by atoms with Gasteiger partial charge in [0.15, 0.2) is 0 Å². The lowest BCUT2D eigenvalue weighted by Crippen LogP contribution is -2.42. The largest absolute Gasteiger partial charge is 0.507 e. The van der Waals surface area contributed by atoms with Gasteiger partial charge >= 0.3 is 0 Å². The molecule has 33 heavy (non-hydrogen) atoms. The molecule has 1 unspecified atom stereocenters. The molecule has 8 nitrogen and oxygen atoms in total. The third-order valence-corrected chi connectivity index (χ3v) is 6.05. The Labute approximate surface area is 193 Å². The third kappa shape index (κ3) is 4.72. The van der Waals surface area contributed by atoms with Crippen LogP contribution >= 0.6 is 0 Å². The molecule has 2 heterocycles. The maximum Gasteiger partial charge on any atom is 0.295 e. The average Bonchev–Trinajstić information content (AvgIpc) is 3.12. The van der Waals surface area contributed by atoms with Crippen LogP contribution in [0.4, 0.5) is 0 Å². The highest BCUT2D eigenvalue weighted by Crippen LogP contribution is 2.40. The van der Waals surface area contributed by atoms with Crippen molar-refractivity contribution in [2.75, 3.05) is 53.6 Å². The van der Waals surface area contributed by atoms with Crippen molar-refractivity contribution in [3.63, 3.8) is 0 Å². The molecule has 174 valence electrons. The van der Waals surface area contributed by atoms with Crippen LogP contribution in [0.5, 0.6) is 11.5 Å². The van der Waals surface area contributed by atoms with E-state index in [0.29, 0.717) is 48.9 Å². The fraction of sp³-hybridized carbons (Fsp3) is 0.360. The molecule has 2 aromatic carbocycles. The molecule has 2 aliphatic heterocycles. The lowest BCUT2D eigenvalue weighted by molar-refractivity contribution is -0.140. The van der Waals surface area contributed by atoms with Gasteiger partial charge in [-0.05, 0) is 29.8 Å². The predicted molar refractivity (Wildman–Crippen MR) is 122 cm³/mol. The number of amides is 1. The number of nitrogens with zero attached hydrogens (tertiary/aromatic N) is 2. The van der Waals surface area contributed by atoms with Crippen molar-refractivity contribution in [1.82, 2.24) is 9.80 Å². The van der Waals surface area contributed by atoms with Crippen molar-refractivity contribution >= 4 is 17.4 Å². The molecular weight excluding hydrogens is 424 g/mol. The highest BCUT2D eigenvalue weighted by atomic mass is 16.5. The highest BCUT2D eigenvalue weighted by Gasteiger charge is 2.46. The molecule has 2 saturated heterocycles. The summed E-state index contributed by atoms with van der Waals surface area (Å²) in [5, 5.41) is 11.2. The number of morpholine rings is 1. The summed E-state index contributed by atoms with van der Waals surface area (Å²) in [7, 11) is 3.09. The first-order valence-electron chi connectivity index (χ1n) is 10.9. The van der Waals surface area contributed by atoms with E-state index in [1.54, 1.807) is 43.5 Å². The molecule has 2 fully saturated rings. The number of hydrogen-bond acceptors (Lipinski definition) is 7. The Balaban J connectivity index is 1.76. The molecule has 4 rings (SSSR count). The van der Waals surface area contributed by atoms with E-state index in [1.165, 1.54) is 12.0 Å². The van der Waals surface area contributed by atoms with Crippen LogP contribution in [0, 0.1) is 0 Å². The predicted octanol–water partition coefficient (Wildman–Crippen LogP) is 2.46. The Morgan fingerprint density at radius 3 is 2.36 bits per heavy atom. The van der Waals surface area contributed by atoms with Crippen LogP contribution in [0.25, 0.3) is 5.76 Å². The summed E-state index contributed by atoms with van der Waals surface area (Å²) < 4.78 is 16.0. The van der Waals surface area contributed by atoms with E-state index in [0.717, 1.165) is 13.1 Å². The van der Waals surface area contributed by atoms with Crippen LogP contribution in [0.1, 0.15) is 17.2 Å². The number of ether oxygens (including phenoxy) is 3. The van der Waals surface area contributed by atoms with E-state index >= 15 is 0 Å². The van der Waals surface area contributed by atoms with Crippen molar-refractivity contribution in [3.8, 4) is 11.5 Å². The van der Waals surface area contributed by atoms with Gasteiger partial charge in [0.1, 0.15) is 17.3 Å². The average molecular weight is 453 g/mol. The number of benzene rings is 2. The van der Waals surface area contributed by atoms with Gasteiger partial charge in [0, 0.05) is 31.7 Å². The SMILES string of the molecule is COc1cccc(/C(O)=C2\C(=O)C(=O)N(CCN3CCOCC3)C2c2cccc(OC)c2)c1. The molecule has 1 amide bonds. The molecule has 0 bridgehead atoms. The van der Waals surface area contributed by atoms with Gasteiger partial charge in [0.05, 0.1) is 39.0 Å². The molecule has 0 spiro atoms. The molecular formula is C25H28N2O6. The van der Waals surface area contributed by atoms with Crippen molar-refractivity contribution in [2.24, 2.45) is 0 Å². The van der Waals surface area contributed by atoms with Crippen LogP contribution in [-0.2, 0) is 14.3 Å². The first kappa shape index (κ1) is 22.8. The van der Waals surface area contributed by atoms with Gasteiger partial charge in [0.25, 0.3) is 11.7 Å². The minimum absolute atomic E-state index is 0.0588. The van der Waals surface area contributed by atoms with Crippen molar-refractivity contribution in [3.05, 3.63) is 65.2 Å². The number of aliphatic hydroxyl groups is 1. The monoisotopic (exact) mass is 452 g/mol. The van der Waals surface area contributed by atoms with Crippen LogP contribution in [0.3, 0.4) is 0 Å². The number of methoxy groups -OCH3 is 2. The van der Waals surface area contributed by atoms with Gasteiger partial charge in [-0.25, -0.2) is 0 Å². The maximum atomic E-state index is 13.2. The number of ketones is 1. The fourth-order valence-corrected chi connectivity index (χ4v) is 4.27. The van der Waals surface area contributed by atoms with E-state index in [9.17, 15) is 14.7 Å². The maximum absolute atomic E-state index is 13.2. The van der Waals surface area contributed by atoms with E-state index in [2.05, 4.69) is 4.90 Å². The number of carbonyl (C=O) groups is 2. The van der Waals surface area contributed by atoms with Gasteiger partial charge in [-0.1, -0.05) is 24.3 Å². The number of likely N-dealkylation sites (tertiary alicyclic amines) is 1. The lowest BCUT2D eigenvalue weighted by Gasteiger charge is -2.31. The Kier molecular flexibility index (Phi) is 6.96. The Morgan fingerprint density at radius 2 is 1.67 bits per heavy atom. The number of carbonyl (C=O) groups excluding carboxylic acids is 2. The molecule has 2 aromatic rings. The summed E-state index contributed by atoms with van der Waals surface area (Å²) in [6.07, 6.45) is 0. The number of Topliss-reactive ketones (excluding diaryl/α,β-unsaturated/α-hetero) is 1. The van der Waals surface area contributed by atoms with Gasteiger partial charge in [-0.15, -0.1) is 0 Å². The smallest absolute Gasteiger partial charge is 0.295 e. The molecule has 0 aromatic heterocycles. The highest BCUT2D eigenvalue weighted by molar-refractivity contribution is 6.46. The van der Waals surface area contributed by atoms with Crippen LogP contribution < -0.4 is 9.47 Å². The Morgan fingerprint density at radius 1 is 1.00 bits per heavy atom. The Hall–Kier alpha value is -3.36. The van der Waals surface area contributed by atoms with Crippen molar-refractivity contribution < 1.29 is 28.9 Å². The molecule has 0 radical (unpaired) electrons. The molecule has 1 atom stereocenters. The lowest BCUT2D eigenvalue weighted by atomic mass is 9.95. The quantitative estimate of drug-likeness (QED) is 0.392. The molecule has 1 N–H and O–H groups in total. The standard InChI is InChI=1S/C25H28N2O6/c1-31-19-7-3-5-17(15-19)22-21(23(28)18-6-4-8-20(16-18)32-2)24(29)25(30)27(22)10-9-26-11-13-33-14-12-26/h3-8,15-16,22,28H,9-14H2,1-2H3/b23-21+. The number of rotatable bonds is 7. The topological polar surface area (TPSA) is 88.5 Å². The minimum atomic E-state index is -0.729. The number of aliphatic hydroxyl groups excluding tert-OH is 1. The zero-order valence-corrected chi connectivity index (χ0v) is 18.8. The van der Waals surface area contributed by atoms with Crippen molar-refractivity contribution in [2.45, 2.75) is 6.04 Å². The zero-order chi connectivity index (χ0) is 23.4. The number of hydrogen-bond donors (Lipinski definition) is 1. The van der Waals surface area contributed by atoms with Crippen LogP contribution in [-0.4, -0.2) is 80.2 Å². The van der Waals surface area contributed by atoms with E-state index in [-0.39, 0.29) is 11.3 Å². The minimum Gasteiger partial charge on any atom is -0.507 e. The fourth-order valence-electron chi connectivity index (χ4n) is 4.27. The summed E-state index contributed by atoms with van der Waals surface area (Å²) in [4.78, 5) is 30.0. The third-order valence-electron chi connectivity index (χ3n) is 6.05. The molecule has 2 aliphatic rings. The van der Waals surface area contributed by atoms with E-state index in [1.807, 2.05) is 12.1 Å². The summed E-state index contributed by atoms with van der Waals surface area (Å²) in [6, 6.07) is 13.3.